The number of amides is 1. The lowest BCUT2D eigenvalue weighted by Gasteiger charge is -2.38. The number of hydrogen-bond donors (Lipinski definition) is 2. The largest absolute Gasteiger partial charge is 0.618 e. The van der Waals surface area contributed by atoms with Crippen LogP contribution in [0.1, 0.15) is 47.9 Å². The summed E-state index contributed by atoms with van der Waals surface area (Å²) in [5.41, 5.74) is 9.16. The van der Waals surface area contributed by atoms with Crippen LogP contribution in [0.3, 0.4) is 0 Å². The van der Waals surface area contributed by atoms with Crippen LogP contribution in [0.4, 0.5) is 5.82 Å². The van der Waals surface area contributed by atoms with E-state index in [1.807, 2.05) is 4.90 Å². The summed E-state index contributed by atoms with van der Waals surface area (Å²) in [5.74, 6) is -0.351. The highest BCUT2D eigenvalue weighted by Gasteiger charge is 2.46. The first-order chi connectivity index (χ1) is 20.1. The van der Waals surface area contributed by atoms with Crippen LogP contribution in [-0.2, 0) is 16.9 Å². The third-order valence-corrected chi connectivity index (χ3v) is 9.37. The van der Waals surface area contributed by atoms with Gasteiger partial charge in [-0.1, -0.05) is 0 Å². The predicted molar refractivity (Wildman–Crippen MR) is 148 cm³/mol. The molecule has 2 fully saturated rings. The number of aromatic amines is 1. The van der Waals surface area contributed by atoms with Gasteiger partial charge in [-0.2, -0.15) is 19.4 Å². The minimum absolute atomic E-state index is 0.0450. The molecular formula is C26H27N11O4S. The number of hydrogen-bond acceptors (Lipinski definition) is 10. The Balaban J connectivity index is 1.30. The average Bonchev–Trinajstić information content (AvgIpc) is 3.74. The Labute approximate surface area is 239 Å². The number of piperidine rings is 1. The van der Waals surface area contributed by atoms with E-state index in [-0.39, 0.29) is 40.4 Å². The molecule has 1 amide bonds. The molecule has 15 nitrogen and oxygen atoms in total. The molecule has 3 atom stereocenters. The molecule has 0 aromatic carbocycles. The van der Waals surface area contributed by atoms with E-state index in [9.17, 15) is 18.4 Å². The number of aromatic nitrogens is 9. The number of aryl methyl sites for hydroxylation is 1. The maximum absolute atomic E-state index is 13.1. The quantitative estimate of drug-likeness (QED) is 0.221. The maximum atomic E-state index is 13.1. The molecule has 7 heterocycles. The Morgan fingerprint density at radius 2 is 1.95 bits per heavy atom. The molecular weight excluding hydrogens is 562 g/mol. The summed E-state index contributed by atoms with van der Waals surface area (Å²) in [6.45, 7) is 0. The molecule has 216 valence electrons. The number of anilines is 1. The van der Waals surface area contributed by atoms with Crippen molar-refractivity contribution in [2.24, 2.45) is 7.05 Å². The van der Waals surface area contributed by atoms with Gasteiger partial charge < -0.3 is 20.8 Å². The van der Waals surface area contributed by atoms with Crippen molar-refractivity contribution in [1.82, 2.24) is 44.5 Å². The molecule has 5 aromatic heterocycles. The van der Waals surface area contributed by atoms with Gasteiger partial charge in [-0.3, -0.25) is 9.48 Å². The van der Waals surface area contributed by atoms with Crippen molar-refractivity contribution in [3.05, 3.63) is 59.8 Å². The number of nitrogens with two attached hydrogens (primary N) is 1. The minimum Gasteiger partial charge on any atom is -0.618 e. The number of pyridine rings is 1. The van der Waals surface area contributed by atoms with Crippen LogP contribution in [0.15, 0.2) is 48.0 Å². The van der Waals surface area contributed by atoms with Crippen LogP contribution >= 0.6 is 0 Å². The first-order valence-electron chi connectivity index (χ1n) is 13.4. The van der Waals surface area contributed by atoms with Crippen LogP contribution in [0.2, 0.25) is 0 Å². The number of sulfone groups is 1. The molecule has 2 aliphatic rings. The lowest BCUT2D eigenvalue weighted by molar-refractivity contribution is -0.593. The normalized spacial score (nSPS) is 20.4. The number of rotatable bonds is 5. The van der Waals surface area contributed by atoms with Gasteiger partial charge in [-0.15, -0.1) is 10.2 Å². The average molecular weight is 590 g/mol. The molecule has 16 heteroatoms. The van der Waals surface area contributed by atoms with Gasteiger partial charge >= 0.3 is 0 Å². The van der Waals surface area contributed by atoms with Gasteiger partial charge in [-0.05, 0) is 37.8 Å². The zero-order valence-corrected chi connectivity index (χ0v) is 23.6. The number of carbonyl (C=O) groups is 1. The number of fused-ring (bicyclic) bond motifs is 3. The molecule has 0 aliphatic carbocycles. The molecule has 42 heavy (non-hydrogen) atoms. The fourth-order valence-corrected chi connectivity index (χ4v) is 7.49. The Morgan fingerprint density at radius 1 is 1.19 bits per heavy atom. The van der Waals surface area contributed by atoms with Crippen LogP contribution < -0.4 is 10.5 Å². The van der Waals surface area contributed by atoms with Crippen molar-refractivity contribution in [1.29, 1.82) is 0 Å². The fraction of sp³-hybridized carbons (Fsp3) is 0.346. The highest BCUT2D eigenvalue weighted by atomic mass is 32.2. The van der Waals surface area contributed by atoms with Crippen LogP contribution in [0.25, 0.3) is 28.2 Å². The Bertz CT molecular complexity index is 1950. The highest BCUT2D eigenvalue weighted by molar-refractivity contribution is 7.91. The number of nitrogen functional groups attached to an aromatic ring is 1. The summed E-state index contributed by atoms with van der Waals surface area (Å²) < 4.78 is 29.8. The number of H-pyrrole nitrogens is 1. The maximum Gasteiger partial charge on any atom is 0.292 e. The van der Waals surface area contributed by atoms with E-state index in [0.29, 0.717) is 46.7 Å². The SMILES string of the molecule is Cn1ccc(-c2ccc(-c3cnn4c(N)c(S(C)(=O)=O)c([C@H]5C[C@H]6CC[C@@H](C5)N6C(=O)c5nnc[nH]5)nc34)c[n+]2[O-])n1. The molecule has 2 aliphatic heterocycles. The Kier molecular flexibility index (Phi) is 5.79. The van der Waals surface area contributed by atoms with E-state index in [1.165, 1.54) is 23.2 Å². The molecule has 2 bridgehead atoms. The summed E-state index contributed by atoms with van der Waals surface area (Å²) >= 11 is 0. The fourth-order valence-electron chi connectivity index (χ4n) is 6.43. The monoisotopic (exact) mass is 589 g/mol. The third-order valence-electron chi connectivity index (χ3n) is 8.21. The predicted octanol–water partition coefficient (Wildman–Crippen LogP) is 1.08. The molecule has 0 spiro atoms. The zero-order chi connectivity index (χ0) is 29.3. The molecule has 0 radical (unpaired) electrons. The first kappa shape index (κ1) is 26.1. The lowest BCUT2D eigenvalue weighted by Crippen LogP contribution is -2.46. The zero-order valence-electron chi connectivity index (χ0n) is 22.7. The minimum atomic E-state index is -3.80. The van der Waals surface area contributed by atoms with Gasteiger partial charge in [0, 0.05) is 43.6 Å². The van der Waals surface area contributed by atoms with Gasteiger partial charge in [0.05, 0.1) is 23.0 Å². The molecule has 7 rings (SSSR count). The van der Waals surface area contributed by atoms with Gasteiger partial charge in [0.25, 0.3) is 5.91 Å². The number of carbonyl (C=O) groups excluding carboxylic acids is 1. The van der Waals surface area contributed by atoms with Crippen molar-refractivity contribution >= 4 is 27.2 Å². The van der Waals surface area contributed by atoms with Crippen LogP contribution in [-0.4, -0.2) is 77.1 Å². The molecule has 2 saturated heterocycles. The highest BCUT2D eigenvalue weighted by Crippen LogP contribution is 2.45. The first-order valence-corrected chi connectivity index (χ1v) is 15.3. The summed E-state index contributed by atoms with van der Waals surface area (Å²) in [4.78, 5) is 22.6. The van der Waals surface area contributed by atoms with Gasteiger partial charge in [0.2, 0.25) is 11.5 Å². The smallest absolute Gasteiger partial charge is 0.292 e. The van der Waals surface area contributed by atoms with E-state index < -0.39 is 9.84 Å². The number of nitrogens with one attached hydrogen (secondary N) is 1. The van der Waals surface area contributed by atoms with Crippen molar-refractivity contribution in [3.8, 4) is 22.5 Å². The van der Waals surface area contributed by atoms with Gasteiger partial charge in [0.1, 0.15) is 17.0 Å². The van der Waals surface area contributed by atoms with Gasteiger partial charge in [0.15, 0.2) is 27.4 Å². The van der Waals surface area contributed by atoms with Crippen molar-refractivity contribution in [2.75, 3.05) is 12.0 Å². The summed E-state index contributed by atoms with van der Waals surface area (Å²) in [5, 5.41) is 29.2. The van der Waals surface area contributed by atoms with E-state index >= 15 is 0 Å². The van der Waals surface area contributed by atoms with E-state index in [4.69, 9.17) is 10.7 Å². The van der Waals surface area contributed by atoms with Crippen molar-refractivity contribution in [3.63, 3.8) is 0 Å². The van der Waals surface area contributed by atoms with Crippen molar-refractivity contribution in [2.45, 2.75) is 48.6 Å². The molecule has 0 saturated carbocycles. The second-order valence-electron chi connectivity index (χ2n) is 10.9. The number of nitrogens with zero attached hydrogens (tertiary/aromatic N) is 9. The van der Waals surface area contributed by atoms with E-state index in [1.54, 1.807) is 36.1 Å². The molecule has 3 N–H and O–H groups in total. The van der Waals surface area contributed by atoms with Crippen LogP contribution in [0, 0.1) is 5.21 Å². The van der Waals surface area contributed by atoms with Crippen LogP contribution in [0.5, 0.6) is 0 Å². The third kappa shape index (κ3) is 4.08. The lowest BCUT2D eigenvalue weighted by atomic mass is 9.87. The van der Waals surface area contributed by atoms with Crippen molar-refractivity contribution < 1.29 is 17.9 Å². The van der Waals surface area contributed by atoms with Gasteiger partial charge in [-0.25, -0.2) is 13.4 Å². The van der Waals surface area contributed by atoms with E-state index in [2.05, 4.69) is 25.4 Å². The Hall–Kier alpha value is -4.86. The standard InChI is InChI=1S/C26H27N11O4S/c1-34-8-7-19(33-34)20-6-3-14(12-35(20)39)18-11-30-37-23(27)22(42(2,40)41)21(31-25(18)37)15-9-16-4-5-17(10-15)36(16)26(38)24-28-13-29-32-24/h3,6-8,11-13,15-17H,4-5,9-10,27H2,1-2H3,(H,28,29,32)/t15-,16+,17-. The molecule has 0 unspecified atom stereocenters. The molecule has 5 aromatic rings. The topological polar surface area (TPSA) is 197 Å². The summed E-state index contributed by atoms with van der Waals surface area (Å²) in [6, 6.07) is 4.97. The Morgan fingerprint density at radius 3 is 2.57 bits per heavy atom. The van der Waals surface area contributed by atoms with E-state index in [0.717, 1.165) is 23.8 Å². The summed E-state index contributed by atoms with van der Waals surface area (Å²) in [7, 11) is -2.02. The summed E-state index contributed by atoms with van der Waals surface area (Å²) in [6.07, 6.45) is 9.77. The second-order valence-corrected chi connectivity index (χ2v) is 12.8. The second kappa shape index (κ2) is 9.34.